The molecule has 2 amide bonds. The topological polar surface area (TPSA) is 66.4 Å². The summed E-state index contributed by atoms with van der Waals surface area (Å²) in [5.74, 6) is 0.567. The van der Waals surface area contributed by atoms with Crippen molar-refractivity contribution in [2.24, 2.45) is 5.92 Å². The maximum atomic E-state index is 12.4. The Labute approximate surface area is 185 Å². The summed E-state index contributed by atoms with van der Waals surface area (Å²) >= 11 is 0. The fourth-order valence-electron chi connectivity index (χ4n) is 5.09. The van der Waals surface area contributed by atoms with E-state index in [1.807, 2.05) is 19.9 Å². The zero-order valence-corrected chi connectivity index (χ0v) is 18.9. The Bertz CT molecular complexity index is 905. The molecule has 2 heterocycles. The Morgan fingerprint density at radius 2 is 1.77 bits per heavy atom. The molecule has 0 spiro atoms. The van der Waals surface area contributed by atoms with Crippen LogP contribution in [0.25, 0.3) is 10.9 Å². The molecule has 0 unspecified atom stereocenters. The first kappa shape index (κ1) is 21.9. The summed E-state index contributed by atoms with van der Waals surface area (Å²) in [4.78, 5) is 27.2. The number of benzene rings is 1. The number of likely N-dealkylation sites (tertiary alicyclic amines) is 1. The first-order chi connectivity index (χ1) is 15.0. The zero-order chi connectivity index (χ0) is 21.8. The van der Waals surface area contributed by atoms with Crippen molar-refractivity contribution in [3.63, 3.8) is 0 Å². The molecule has 6 nitrogen and oxygen atoms in total. The van der Waals surface area contributed by atoms with Crippen LogP contribution >= 0.6 is 0 Å². The van der Waals surface area contributed by atoms with Gasteiger partial charge in [0, 0.05) is 54.7 Å². The second kappa shape index (κ2) is 9.86. The largest absolute Gasteiger partial charge is 0.353 e. The third kappa shape index (κ3) is 5.48. The number of carbonyl (C=O) groups is 2. The van der Waals surface area contributed by atoms with E-state index in [2.05, 4.69) is 44.5 Å². The van der Waals surface area contributed by atoms with Gasteiger partial charge in [-0.05, 0) is 51.2 Å². The van der Waals surface area contributed by atoms with E-state index >= 15 is 0 Å². The van der Waals surface area contributed by atoms with Crippen molar-refractivity contribution in [3.05, 3.63) is 36.0 Å². The third-order valence-corrected chi connectivity index (χ3v) is 6.69. The smallest absolute Gasteiger partial charge is 0.240 e. The first-order valence-electron chi connectivity index (χ1n) is 11.9. The number of aromatic nitrogens is 1. The monoisotopic (exact) mass is 424 g/mol. The zero-order valence-electron chi connectivity index (χ0n) is 18.9. The predicted octanol–water partition coefficient (Wildman–Crippen LogP) is 3.44. The van der Waals surface area contributed by atoms with E-state index in [0.717, 1.165) is 50.8 Å². The van der Waals surface area contributed by atoms with Crippen molar-refractivity contribution in [3.8, 4) is 0 Å². The van der Waals surface area contributed by atoms with Crippen LogP contribution in [0.4, 0.5) is 0 Å². The summed E-state index contributed by atoms with van der Waals surface area (Å²) in [5.41, 5.74) is 2.37. The molecule has 1 aromatic heterocycles. The number of amides is 2. The minimum absolute atomic E-state index is 0.0427. The van der Waals surface area contributed by atoms with E-state index < -0.39 is 0 Å². The number of rotatable bonds is 7. The van der Waals surface area contributed by atoms with Gasteiger partial charge in [-0.25, -0.2) is 0 Å². The number of fused-ring (bicyclic) bond motifs is 1. The summed E-state index contributed by atoms with van der Waals surface area (Å²) in [6, 6.07) is 8.79. The molecule has 4 rings (SSSR count). The molecular weight excluding hydrogens is 388 g/mol. The molecule has 2 fully saturated rings. The molecule has 1 aliphatic heterocycles. The average molecular weight is 425 g/mol. The number of carbonyl (C=O) groups excluding carboxylic acids is 2. The van der Waals surface area contributed by atoms with Crippen molar-refractivity contribution in [1.29, 1.82) is 0 Å². The van der Waals surface area contributed by atoms with Gasteiger partial charge in [-0.1, -0.05) is 31.0 Å². The van der Waals surface area contributed by atoms with E-state index in [1.54, 1.807) is 0 Å². The third-order valence-electron chi connectivity index (χ3n) is 6.69. The molecule has 0 bridgehead atoms. The number of nitrogens with zero attached hydrogens (tertiary/aromatic N) is 2. The maximum absolute atomic E-state index is 12.4. The SMILES string of the molecule is CC(C)NC(=O)Cn1cc(CN2CCC(NC(=O)C3CCCC3)CC2)c2ccccc21. The van der Waals surface area contributed by atoms with Gasteiger partial charge >= 0.3 is 0 Å². The lowest BCUT2D eigenvalue weighted by Crippen LogP contribution is -2.45. The van der Waals surface area contributed by atoms with Crippen molar-refractivity contribution >= 4 is 22.7 Å². The van der Waals surface area contributed by atoms with E-state index in [4.69, 9.17) is 0 Å². The lowest BCUT2D eigenvalue weighted by molar-refractivity contribution is -0.126. The lowest BCUT2D eigenvalue weighted by Gasteiger charge is -2.32. The second-order valence-corrected chi connectivity index (χ2v) is 9.56. The minimum atomic E-state index is 0.0427. The van der Waals surface area contributed by atoms with Gasteiger partial charge in [0.05, 0.1) is 0 Å². The Hall–Kier alpha value is -2.34. The highest BCUT2D eigenvalue weighted by Crippen LogP contribution is 2.26. The normalized spacial score (nSPS) is 18.7. The molecule has 6 heteroatoms. The van der Waals surface area contributed by atoms with Crippen LogP contribution in [0.2, 0.25) is 0 Å². The number of nitrogens with one attached hydrogen (secondary N) is 2. The van der Waals surface area contributed by atoms with Crippen LogP contribution in [0.5, 0.6) is 0 Å². The molecule has 0 radical (unpaired) electrons. The Kier molecular flexibility index (Phi) is 6.96. The summed E-state index contributed by atoms with van der Waals surface area (Å²) in [5, 5.41) is 7.50. The highest BCUT2D eigenvalue weighted by Gasteiger charge is 2.27. The molecule has 1 saturated carbocycles. The molecule has 1 saturated heterocycles. The Morgan fingerprint density at radius 3 is 2.48 bits per heavy atom. The van der Waals surface area contributed by atoms with Crippen LogP contribution in [0, 0.1) is 5.92 Å². The Balaban J connectivity index is 1.36. The van der Waals surface area contributed by atoms with Gasteiger partial charge in [-0.3, -0.25) is 14.5 Å². The molecule has 0 atom stereocenters. The van der Waals surface area contributed by atoms with Gasteiger partial charge in [-0.15, -0.1) is 0 Å². The van der Waals surface area contributed by atoms with Gasteiger partial charge in [0.2, 0.25) is 11.8 Å². The minimum Gasteiger partial charge on any atom is -0.353 e. The first-order valence-corrected chi connectivity index (χ1v) is 11.9. The van der Waals surface area contributed by atoms with Crippen molar-refractivity contribution in [2.45, 2.75) is 77.5 Å². The molecule has 2 aromatic rings. The quantitative estimate of drug-likeness (QED) is 0.716. The van der Waals surface area contributed by atoms with Crippen LogP contribution in [0.1, 0.15) is 57.9 Å². The standard InChI is InChI=1S/C25H36N4O2/c1-18(2)26-24(30)17-29-16-20(22-9-5-6-10-23(22)29)15-28-13-11-21(12-14-28)27-25(31)19-7-3-4-8-19/h5-6,9-10,16,18-19,21H,3-4,7-8,11-15,17H2,1-2H3,(H,26,30)(H,27,31). The Morgan fingerprint density at radius 1 is 1.06 bits per heavy atom. The molecule has 2 N–H and O–H groups in total. The van der Waals surface area contributed by atoms with Crippen LogP contribution < -0.4 is 10.6 Å². The van der Waals surface area contributed by atoms with Gasteiger partial charge in [-0.2, -0.15) is 0 Å². The molecule has 168 valence electrons. The lowest BCUT2D eigenvalue weighted by atomic mass is 10.0. The number of para-hydroxylation sites is 1. The number of piperidine rings is 1. The second-order valence-electron chi connectivity index (χ2n) is 9.56. The predicted molar refractivity (Wildman–Crippen MR) is 124 cm³/mol. The average Bonchev–Trinajstić information content (AvgIpc) is 3.38. The van der Waals surface area contributed by atoms with E-state index in [0.29, 0.717) is 12.6 Å². The molecule has 2 aliphatic rings. The van der Waals surface area contributed by atoms with Crippen molar-refractivity contribution in [1.82, 2.24) is 20.1 Å². The van der Waals surface area contributed by atoms with Gasteiger partial charge in [0.15, 0.2) is 0 Å². The summed E-state index contributed by atoms with van der Waals surface area (Å²) in [6.07, 6.45) is 8.67. The van der Waals surface area contributed by atoms with Crippen molar-refractivity contribution in [2.75, 3.05) is 13.1 Å². The summed E-state index contributed by atoms with van der Waals surface area (Å²) in [7, 11) is 0. The van der Waals surface area contributed by atoms with Crippen molar-refractivity contribution < 1.29 is 9.59 Å². The fourth-order valence-corrected chi connectivity index (χ4v) is 5.09. The molecule has 1 aromatic carbocycles. The van der Waals surface area contributed by atoms with Crippen LogP contribution in [-0.4, -0.2) is 46.5 Å². The highest BCUT2D eigenvalue weighted by molar-refractivity contribution is 5.86. The summed E-state index contributed by atoms with van der Waals surface area (Å²) in [6.45, 7) is 7.16. The highest BCUT2D eigenvalue weighted by atomic mass is 16.2. The van der Waals surface area contributed by atoms with Gasteiger partial charge in [0.25, 0.3) is 0 Å². The summed E-state index contributed by atoms with van der Waals surface area (Å²) < 4.78 is 2.07. The van der Waals surface area contributed by atoms with Crippen LogP contribution in [-0.2, 0) is 22.7 Å². The van der Waals surface area contributed by atoms with Crippen LogP contribution in [0.15, 0.2) is 30.5 Å². The van der Waals surface area contributed by atoms with Crippen LogP contribution in [0.3, 0.4) is 0 Å². The van der Waals surface area contributed by atoms with Gasteiger partial charge in [0.1, 0.15) is 6.54 Å². The van der Waals surface area contributed by atoms with E-state index in [1.165, 1.54) is 23.8 Å². The van der Waals surface area contributed by atoms with E-state index in [9.17, 15) is 9.59 Å². The molecule has 1 aliphatic carbocycles. The molecular formula is C25H36N4O2. The number of hydrogen-bond donors (Lipinski definition) is 2. The molecule has 31 heavy (non-hydrogen) atoms. The fraction of sp³-hybridized carbons (Fsp3) is 0.600. The maximum Gasteiger partial charge on any atom is 0.240 e. The van der Waals surface area contributed by atoms with Gasteiger partial charge < -0.3 is 15.2 Å². The van der Waals surface area contributed by atoms with E-state index in [-0.39, 0.29) is 23.8 Å². The number of hydrogen-bond acceptors (Lipinski definition) is 3.